The Hall–Kier alpha value is -2.08. The van der Waals surface area contributed by atoms with Crippen molar-refractivity contribution in [3.63, 3.8) is 0 Å². The zero-order valence-corrected chi connectivity index (χ0v) is 14.5. The van der Waals surface area contributed by atoms with E-state index in [1.165, 1.54) is 11.0 Å². The van der Waals surface area contributed by atoms with Gasteiger partial charge in [-0.25, -0.2) is 4.79 Å². The number of aromatic nitrogens is 1. The number of pyridine rings is 1. The Labute approximate surface area is 143 Å². The van der Waals surface area contributed by atoms with E-state index in [4.69, 9.17) is 4.74 Å². The van der Waals surface area contributed by atoms with Gasteiger partial charge in [-0.15, -0.1) is 0 Å². The van der Waals surface area contributed by atoms with E-state index >= 15 is 0 Å². The van der Waals surface area contributed by atoms with E-state index < -0.39 is 0 Å². The maximum atomic E-state index is 11.9. The summed E-state index contributed by atoms with van der Waals surface area (Å²) in [6.45, 7) is 1.34. The summed E-state index contributed by atoms with van der Waals surface area (Å²) in [4.78, 5) is 25.2. The Bertz CT molecular complexity index is 700. The Balaban J connectivity index is 1.74. The third-order valence-electron chi connectivity index (χ3n) is 3.37. The molecule has 0 aliphatic heterocycles. The molecular weight excluding hydrogens is 360 g/mol. The number of nitrogens with zero attached hydrogens (tertiary/aromatic N) is 2. The van der Waals surface area contributed by atoms with Crippen LogP contribution in [0.4, 0.5) is 4.79 Å². The Morgan fingerprint density at radius 3 is 2.70 bits per heavy atom. The quantitative estimate of drug-likeness (QED) is 0.774. The van der Waals surface area contributed by atoms with Crippen molar-refractivity contribution in [3.05, 3.63) is 69.1 Å². The van der Waals surface area contributed by atoms with Gasteiger partial charge in [0.05, 0.1) is 0 Å². The molecule has 1 aromatic carbocycles. The minimum absolute atomic E-state index is 0.0614. The van der Waals surface area contributed by atoms with Gasteiger partial charge in [0.2, 0.25) is 0 Å². The third-order valence-corrected chi connectivity index (χ3v) is 3.86. The SMILES string of the molecule is CN(CCCn1ccc(Br)cc1=O)C(=O)OCc1ccccc1. The van der Waals surface area contributed by atoms with E-state index in [2.05, 4.69) is 15.9 Å². The maximum absolute atomic E-state index is 11.9. The largest absolute Gasteiger partial charge is 0.445 e. The zero-order valence-electron chi connectivity index (χ0n) is 12.9. The highest BCUT2D eigenvalue weighted by atomic mass is 79.9. The molecule has 0 aliphatic rings. The van der Waals surface area contributed by atoms with Crippen molar-refractivity contribution in [1.29, 1.82) is 0 Å². The molecular formula is C17H19BrN2O3. The molecule has 0 aliphatic carbocycles. The van der Waals surface area contributed by atoms with Gasteiger partial charge in [0.25, 0.3) is 5.56 Å². The van der Waals surface area contributed by atoms with Crippen LogP contribution < -0.4 is 5.56 Å². The average molecular weight is 379 g/mol. The Morgan fingerprint density at radius 2 is 2.00 bits per heavy atom. The van der Waals surface area contributed by atoms with Crippen molar-refractivity contribution in [2.24, 2.45) is 0 Å². The fraction of sp³-hybridized carbons (Fsp3) is 0.294. The lowest BCUT2D eigenvalue weighted by Gasteiger charge is -2.17. The fourth-order valence-corrected chi connectivity index (χ4v) is 2.38. The van der Waals surface area contributed by atoms with Crippen LogP contribution in [-0.2, 0) is 17.9 Å². The molecule has 5 nitrogen and oxygen atoms in total. The third kappa shape index (κ3) is 5.56. The van der Waals surface area contributed by atoms with Gasteiger partial charge in [-0.1, -0.05) is 46.3 Å². The number of halogens is 1. The van der Waals surface area contributed by atoms with E-state index in [1.54, 1.807) is 17.8 Å². The summed E-state index contributed by atoms with van der Waals surface area (Å²) in [5, 5.41) is 0. The van der Waals surface area contributed by atoms with Crippen LogP contribution in [0, 0.1) is 0 Å². The summed E-state index contributed by atoms with van der Waals surface area (Å²) < 4.78 is 7.63. The van der Waals surface area contributed by atoms with E-state index in [9.17, 15) is 9.59 Å². The van der Waals surface area contributed by atoms with E-state index in [0.29, 0.717) is 19.5 Å². The molecule has 1 amide bonds. The number of carbonyl (C=O) groups excluding carboxylic acids is 1. The van der Waals surface area contributed by atoms with Gasteiger partial charge in [-0.05, 0) is 18.1 Å². The molecule has 0 fully saturated rings. The predicted molar refractivity (Wildman–Crippen MR) is 92.3 cm³/mol. The summed E-state index contributed by atoms with van der Waals surface area (Å²) in [5.74, 6) is 0. The molecule has 0 bridgehead atoms. The van der Waals surface area contributed by atoms with Gasteiger partial charge in [-0.2, -0.15) is 0 Å². The molecule has 0 radical (unpaired) electrons. The molecule has 6 heteroatoms. The molecule has 0 spiro atoms. The maximum Gasteiger partial charge on any atom is 0.409 e. The summed E-state index contributed by atoms with van der Waals surface area (Å²) in [7, 11) is 1.69. The number of aryl methyl sites for hydroxylation is 1. The molecule has 23 heavy (non-hydrogen) atoms. The number of benzene rings is 1. The lowest BCUT2D eigenvalue weighted by molar-refractivity contribution is 0.104. The van der Waals surface area contributed by atoms with Crippen LogP contribution in [-0.4, -0.2) is 29.2 Å². The summed E-state index contributed by atoms with van der Waals surface area (Å²) in [6, 6.07) is 12.9. The first kappa shape index (κ1) is 17.3. The van der Waals surface area contributed by atoms with Gasteiger partial charge in [0, 0.05) is 36.9 Å². The predicted octanol–water partition coefficient (Wildman–Crippen LogP) is 3.27. The molecule has 0 N–H and O–H groups in total. The second kappa shape index (κ2) is 8.53. The zero-order chi connectivity index (χ0) is 16.7. The number of rotatable bonds is 6. The summed E-state index contributed by atoms with van der Waals surface area (Å²) >= 11 is 3.26. The van der Waals surface area contributed by atoms with E-state index in [0.717, 1.165) is 10.0 Å². The normalized spacial score (nSPS) is 10.3. The van der Waals surface area contributed by atoms with Crippen LogP contribution in [0.15, 0.2) is 57.9 Å². The monoisotopic (exact) mass is 378 g/mol. The average Bonchev–Trinajstić information content (AvgIpc) is 2.55. The summed E-state index contributed by atoms with van der Waals surface area (Å²) in [6.07, 6.45) is 2.05. The fourth-order valence-electron chi connectivity index (χ4n) is 2.07. The number of hydrogen-bond acceptors (Lipinski definition) is 3. The molecule has 0 saturated carbocycles. The van der Waals surface area contributed by atoms with Gasteiger partial charge >= 0.3 is 6.09 Å². The van der Waals surface area contributed by atoms with Crippen molar-refractivity contribution in [2.75, 3.05) is 13.6 Å². The molecule has 1 aromatic heterocycles. The van der Waals surface area contributed by atoms with Crippen molar-refractivity contribution in [3.8, 4) is 0 Å². The van der Waals surface area contributed by atoms with Gasteiger partial charge in [0.1, 0.15) is 6.61 Å². The Morgan fingerprint density at radius 1 is 1.26 bits per heavy atom. The topological polar surface area (TPSA) is 51.5 Å². The standard InChI is InChI=1S/C17H19BrN2O3/c1-19(17(22)23-13-14-6-3-2-4-7-14)9-5-10-20-11-8-15(18)12-16(20)21/h2-4,6-8,11-12H,5,9-10,13H2,1H3. The lowest BCUT2D eigenvalue weighted by atomic mass is 10.2. The smallest absolute Gasteiger partial charge is 0.409 e. The molecule has 2 aromatic rings. The highest BCUT2D eigenvalue weighted by Gasteiger charge is 2.09. The van der Waals surface area contributed by atoms with Gasteiger partial charge in [0.15, 0.2) is 0 Å². The highest BCUT2D eigenvalue weighted by Crippen LogP contribution is 2.05. The van der Waals surface area contributed by atoms with Crippen LogP contribution in [0.2, 0.25) is 0 Å². The number of hydrogen-bond donors (Lipinski definition) is 0. The van der Waals surface area contributed by atoms with Crippen molar-refractivity contribution in [2.45, 2.75) is 19.6 Å². The van der Waals surface area contributed by atoms with Gasteiger partial charge < -0.3 is 14.2 Å². The molecule has 2 rings (SSSR count). The van der Waals surface area contributed by atoms with Crippen molar-refractivity contribution < 1.29 is 9.53 Å². The summed E-state index contributed by atoms with van der Waals surface area (Å²) in [5.41, 5.74) is 0.893. The number of ether oxygens (including phenoxy) is 1. The number of carbonyl (C=O) groups is 1. The molecule has 1 heterocycles. The van der Waals surface area contributed by atoms with Crippen LogP contribution >= 0.6 is 15.9 Å². The number of amides is 1. The molecule has 0 saturated heterocycles. The van der Waals surface area contributed by atoms with Gasteiger partial charge in [-0.3, -0.25) is 4.79 Å². The lowest BCUT2D eigenvalue weighted by Crippen LogP contribution is -2.29. The first-order valence-corrected chi connectivity index (χ1v) is 8.13. The minimum Gasteiger partial charge on any atom is -0.445 e. The molecule has 0 atom stereocenters. The molecule has 122 valence electrons. The van der Waals surface area contributed by atoms with Crippen LogP contribution in [0.5, 0.6) is 0 Å². The Kier molecular flexibility index (Phi) is 6.40. The molecule has 0 unspecified atom stereocenters. The van der Waals surface area contributed by atoms with Crippen molar-refractivity contribution in [1.82, 2.24) is 9.47 Å². The first-order valence-electron chi connectivity index (χ1n) is 7.34. The van der Waals surface area contributed by atoms with E-state index in [1.807, 2.05) is 36.4 Å². The van der Waals surface area contributed by atoms with Crippen LogP contribution in [0.1, 0.15) is 12.0 Å². The minimum atomic E-state index is -0.364. The second-order valence-electron chi connectivity index (χ2n) is 5.19. The second-order valence-corrected chi connectivity index (χ2v) is 6.11. The van der Waals surface area contributed by atoms with E-state index in [-0.39, 0.29) is 18.3 Å². The van der Waals surface area contributed by atoms with Crippen molar-refractivity contribution >= 4 is 22.0 Å². The first-order chi connectivity index (χ1) is 11.1. The highest BCUT2D eigenvalue weighted by molar-refractivity contribution is 9.10. The van der Waals surface area contributed by atoms with Crippen LogP contribution in [0.25, 0.3) is 0 Å². The van der Waals surface area contributed by atoms with Crippen LogP contribution in [0.3, 0.4) is 0 Å².